The molecular weight excluding hydrogens is 498 g/mol. The number of hydrogen-bond acceptors (Lipinski definition) is 6. The summed E-state index contributed by atoms with van der Waals surface area (Å²) in [6.45, 7) is 4.34. The van der Waals surface area contributed by atoms with Crippen LogP contribution in [0.4, 0.5) is 5.00 Å². The zero-order valence-electron chi connectivity index (χ0n) is 21.5. The van der Waals surface area contributed by atoms with Gasteiger partial charge in [0, 0.05) is 16.5 Å². The SMILES string of the molecule is CCOC(=O)c1c(NC(=O)/C=C/c2ccc(OCc3ccccc3)c(OC)c2)sc(C)c1-c1ccccc1. The smallest absolute Gasteiger partial charge is 0.341 e. The van der Waals surface area contributed by atoms with Gasteiger partial charge in [-0.15, -0.1) is 11.3 Å². The van der Waals surface area contributed by atoms with Gasteiger partial charge in [-0.1, -0.05) is 66.7 Å². The lowest BCUT2D eigenvalue weighted by molar-refractivity contribution is -0.111. The van der Waals surface area contributed by atoms with Crippen LogP contribution >= 0.6 is 11.3 Å². The molecule has 7 heteroatoms. The van der Waals surface area contributed by atoms with Crippen molar-refractivity contribution < 1.29 is 23.8 Å². The molecule has 0 unspecified atom stereocenters. The summed E-state index contributed by atoms with van der Waals surface area (Å²) in [4.78, 5) is 26.6. The van der Waals surface area contributed by atoms with E-state index < -0.39 is 5.97 Å². The van der Waals surface area contributed by atoms with Crippen LogP contribution in [0.25, 0.3) is 17.2 Å². The third-order valence-electron chi connectivity index (χ3n) is 5.72. The quantitative estimate of drug-likeness (QED) is 0.175. The van der Waals surface area contributed by atoms with Crippen molar-refractivity contribution in [3.05, 3.63) is 107 Å². The molecule has 4 aromatic rings. The summed E-state index contributed by atoms with van der Waals surface area (Å²) in [6.07, 6.45) is 3.10. The first-order valence-corrected chi connectivity index (χ1v) is 13.0. The van der Waals surface area contributed by atoms with Crippen molar-refractivity contribution in [3.63, 3.8) is 0 Å². The predicted molar refractivity (Wildman–Crippen MR) is 152 cm³/mol. The van der Waals surface area contributed by atoms with Gasteiger partial charge in [-0.25, -0.2) is 4.79 Å². The van der Waals surface area contributed by atoms with Crippen LogP contribution in [0.2, 0.25) is 0 Å². The highest BCUT2D eigenvalue weighted by Gasteiger charge is 2.25. The molecule has 0 spiro atoms. The fraction of sp³-hybridized carbons (Fsp3) is 0.161. The number of rotatable bonds is 10. The van der Waals surface area contributed by atoms with Crippen LogP contribution in [0.1, 0.15) is 33.3 Å². The zero-order valence-corrected chi connectivity index (χ0v) is 22.3. The Morgan fingerprint density at radius 1 is 0.947 bits per heavy atom. The van der Waals surface area contributed by atoms with Gasteiger partial charge in [-0.2, -0.15) is 0 Å². The Balaban J connectivity index is 1.51. The fourth-order valence-corrected chi connectivity index (χ4v) is 5.02. The molecule has 4 rings (SSSR count). The van der Waals surface area contributed by atoms with Gasteiger partial charge in [0.05, 0.1) is 13.7 Å². The minimum atomic E-state index is -0.467. The predicted octanol–water partition coefficient (Wildman–Crippen LogP) is 7.14. The molecule has 0 aliphatic rings. The molecule has 38 heavy (non-hydrogen) atoms. The van der Waals surface area contributed by atoms with E-state index in [9.17, 15) is 9.59 Å². The van der Waals surface area contributed by atoms with Crippen LogP contribution in [-0.2, 0) is 16.1 Å². The zero-order chi connectivity index (χ0) is 26.9. The number of carbonyl (C=O) groups is 2. The summed E-state index contributed by atoms with van der Waals surface area (Å²) in [5.74, 6) is 0.347. The molecule has 0 aliphatic heterocycles. The number of anilines is 1. The maximum atomic E-state index is 12.9. The lowest BCUT2D eigenvalue weighted by atomic mass is 10.0. The number of ether oxygens (including phenoxy) is 3. The monoisotopic (exact) mass is 527 g/mol. The van der Waals surface area contributed by atoms with Gasteiger partial charge < -0.3 is 19.5 Å². The Morgan fingerprint density at radius 2 is 1.66 bits per heavy atom. The van der Waals surface area contributed by atoms with Crippen LogP contribution in [-0.4, -0.2) is 25.6 Å². The first-order chi connectivity index (χ1) is 18.5. The molecule has 0 saturated carbocycles. The molecule has 6 nitrogen and oxygen atoms in total. The molecule has 1 amide bonds. The van der Waals surface area contributed by atoms with Crippen LogP contribution < -0.4 is 14.8 Å². The van der Waals surface area contributed by atoms with Crippen molar-refractivity contribution in [2.24, 2.45) is 0 Å². The molecule has 0 fully saturated rings. The Morgan fingerprint density at radius 3 is 2.34 bits per heavy atom. The summed E-state index contributed by atoms with van der Waals surface area (Å²) in [5, 5.41) is 3.32. The number of benzene rings is 3. The Kier molecular flexibility index (Phi) is 8.95. The van der Waals surface area contributed by atoms with Gasteiger partial charge in [0.2, 0.25) is 5.91 Å². The molecule has 3 aromatic carbocycles. The summed E-state index contributed by atoms with van der Waals surface area (Å²) in [6, 6.07) is 24.9. The highest BCUT2D eigenvalue weighted by molar-refractivity contribution is 7.17. The molecule has 0 saturated heterocycles. The molecule has 194 valence electrons. The third kappa shape index (κ3) is 6.49. The van der Waals surface area contributed by atoms with Gasteiger partial charge >= 0.3 is 5.97 Å². The number of nitrogens with one attached hydrogen (secondary N) is 1. The minimum Gasteiger partial charge on any atom is -0.493 e. The second kappa shape index (κ2) is 12.7. The van der Waals surface area contributed by atoms with Gasteiger partial charge in [-0.05, 0) is 48.7 Å². The molecule has 1 heterocycles. The van der Waals surface area contributed by atoms with Gasteiger partial charge in [-0.3, -0.25) is 4.79 Å². The summed E-state index contributed by atoms with van der Waals surface area (Å²) < 4.78 is 16.7. The molecule has 0 bridgehead atoms. The van der Waals surface area contributed by atoms with Crippen molar-refractivity contribution in [2.75, 3.05) is 19.0 Å². The largest absolute Gasteiger partial charge is 0.493 e. The molecule has 1 aromatic heterocycles. The summed E-state index contributed by atoms with van der Waals surface area (Å²) >= 11 is 1.35. The van der Waals surface area contributed by atoms with Crippen molar-refractivity contribution in [1.29, 1.82) is 0 Å². The van der Waals surface area contributed by atoms with Crippen molar-refractivity contribution in [2.45, 2.75) is 20.5 Å². The summed E-state index contributed by atoms with van der Waals surface area (Å²) in [7, 11) is 1.57. The van der Waals surface area contributed by atoms with Crippen molar-refractivity contribution >= 4 is 34.3 Å². The standard InChI is InChI=1S/C31H29NO5S/c1-4-36-31(34)29-28(24-13-9-6-10-14-24)21(2)38-30(29)32-27(33)18-16-22-15-17-25(26(19-22)35-3)37-20-23-11-7-5-8-12-23/h5-19H,4,20H2,1-3H3,(H,32,33)/b18-16+. The highest BCUT2D eigenvalue weighted by atomic mass is 32.1. The van der Waals surface area contributed by atoms with Gasteiger partial charge in [0.1, 0.15) is 17.2 Å². The van der Waals surface area contributed by atoms with Crippen LogP contribution in [0, 0.1) is 6.92 Å². The average Bonchev–Trinajstić information content (AvgIpc) is 3.27. The van der Waals surface area contributed by atoms with E-state index in [0.29, 0.717) is 28.7 Å². The Hall–Kier alpha value is -4.36. The first-order valence-electron chi connectivity index (χ1n) is 12.2. The number of amides is 1. The van der Waals surface area contributed by atoms with E-state index >= 15 is 0 Å². The van der Waals surface area contributed by atoms with E-state index in [2.05, 4.69) is 5.32 Å². The minimum absolute atomic E-state index is 0.238. The van der Waals surface area contributed by atoms with Crippen molar-refractivity contribution in [1.82, 2.24) is 0 Å². The van der Waals surface area contributed by atoms with E-state index in [1.807, 2.05) is 79.7 Å². The normalized spacial score (nSPS) is 10.8. The van der Waals surface area contributed by atoms with Crippen LogP contribution in [0.15, 0.2) is 84.9 Å². The Bertz CT molecular complexity index is 1430. The average molecular weight is 528 g/mol. The van der Waals surface area contributed by atoms with E-state index in [0.717, 1.165) is 27.1 Å². The molecular formula is C31H29NO5S. The number of aryl methyl sites for hydroxylation is 1. The maximum Gasteiger partial charge on any atom is 0.341 e. The number of thiophene rings is 1. The number of carbonyl (C=O) groups excluding carboxylic acids is 2. The van der Waals surface area contributed by atoms with Crippen LogP contribution in [0.3, 0.4) is 0 Å². The van der Waals surface area contributed by atoms with Crippen LogP contribution in [0.5, 0.6) is 11.5 Å². The number of hydrogen-bond donors (Lipinski definition) is 1. The van der Waals surface area contributed by atoms with Crippen molar-refractivity contribution in [3.8, 4) is 22.6 Å². The molecule has 0 atom stereocenters. The van der Waals surface area contributed by atoms with E-state index in [-0.39, 0.29) is 12.5 Å². The lowest BCUT2D eigenvalue weighted by Gasteiger charge is -2.11. The fourth-order valence-electron chi connectivity index (χ4n) is 3.95. The van der Waals surface area contributed by atoms with Gasteiger partial charge in [0.15, 0.2) is 11.5 Å². The lowest BCUT2D eigenvalue weighted by Crippen LogP contribution is -2.12. The molecule has 1 N–H and O–H groups in total. The summed E-state index contributed by atoms with van der Waals surface area (Å²) in [5.41, 5.74) is 3.84. The maximum absolute atomic E-state index is 12.9. The van der Waals surface area contributed by atoms with E-state index in [1.165, 1.54) is 17.4 Å². The van der Waals surface area contributed by atoms with E-state index in [1.54, 1.807) is 26.2 Å². The second-order valence-corrected chi connectivity index (χ2v) is 9.56. The van der Waals surface area contributed by atoms with Gasteiger partial charge in [0.25, 0.3) is 0 Å². The number of methoxy groups -OCH3 is 1. The highest BCUT2D eigenvalue weighted by Crippen LogP contribution is 2.40. The number of esters is 1. The topological polar surface area (TPSA) is 73.9 Å². The first kappa shape index (κ1) is 26.7. The van der Waals surface area contributed by atoms with E-state index in [4.69, 9.17) is 14.2 Å². The second-order valence-electron chi connectivity index (χ2n) is 8.33. The Labute approximate surface area is 226 Å². The third-order valence-corrected chi connectivity index (χ3v) is 6.74. The molecule has 0 radical (unpaired) electrons. The molecule has 0 aliphatic carbocycles.